The van der Waals surface area contributed by atoms with Crippen LogP contribution in [0.5, 0.6) is 0 Å². The van der Waals surface area contributed by atoms with Crippen molar-refractivity contribution in [2.45, 2.75) is 26.2 Å². The quantitative estimate of drug-likeness (QED) is 0.730. The molecular formula is C22H30FN3O2. The molecule has 2 aliphatic rings. The van der Waals surface area contributed by atoms with Crippen molar-refractivity contribution < 1.29 is 14.0 Å². The third-order valence-electron chi connectivity index (χ3n) is 5.85. The smallest absolute Gasteiger partial charge is 0.246 e. The van der Waals surface area contributed by atoms with E-state index in [0.29, 0.717) is 25.4 Å². The maximum absolute atomic E-state index is 12.9. The van der Waals surface area contributed by atoms with Gasteiger partial charge in [0.05, 0.1) is 0 Å². The van der Waals surface area contributed by atoms with E-state index in [-0.39, 0.29) is 17.6 Å². The average Bonchev–Trinajstić information content (AvgIpc) is 2.73. The van der Waals surface area contributed by atoms with Crippen LogP contribution in [-0.4, -0.2) is 72.3 Å². The molecule has 0 spiro atoms. The van der Waals surface area contributed by atoms with E-state index in [1.54, 1.807) is 24.3 Å². The van der Waals surface area contributed by atoms with Crippen molar-refractivity contribution in [2.24, 2.45) is 5.92 Å². The molecule has 5 nitrogen and oxygen atoms in total. The second kappa shape index (κ2) is 9.82. The van der Waals surface area contributed by atoms with Crippen molar-refractivity contribution in [1.29, 1.82) is 0 Å². The Balaban J connectivity index is 1.41. The van der Waals surface area contributed by atoms with Crippen LogP contribution in [0.3, 0.4) is 0 Å². The van der Waals surface area contributed by atoms with E-state index in [9.17, 15) is 14.0 Å². The molecule has 2 fully saturated rings. The summed E-state index contributed by atoms with van der Waals surface area (Å²) >= 11 is 0. The van der Waals surface area contributed by atoms with Crippen LogP contribution in [0.2, 0.25) is 0 Å². The van der Waals surface area contributed by atoms with Gasteiger partial charge >= 0.3 is 0 Å². The zero-order chi connectivity index (χ0) is 19.9. The first-order valence-corrected chi connectivity index (χ1v) is 10.3. The van der Waals surface area contributed by atoms with Gasteiger partial charge < -0.3 is 14.7 Å². The van der Waals surface area contributed by atoms with Crippen molar-refractivity contribution in [3.63, 3.8) is 0 Å². The molecule has 0 radical (unpaired) electrons. The first kappa shape index (κ1) is 20.5. The molecule has 2 saturated heterocycles. The second-order valence-electron chi connectivity index (χ2n) is 7.67. The lowest BCUT2D eigenvalue weighted by molar-refractivity contribution is -0.134. The molecule has 0 unspecified atom stereocenters. The molecule has 6 heteroatoms. The molecule has 1 aromatic carbocycles. The summed E-state index contributed by atoms with van der Waals surface area (Å²) in [5.41, 5.74) is 0.804. The molecule has 2 aliphatic heterocycles. The van der Waals surface area contributed by atoms with Crippen LogP contribution in [0, 0.1) is 11.7 Å². The van der Waals surface area contributed by atoms with Crippen molar-refractivity contribution in [2.75, 3.05) is 45.8 Å². The van der Waals surface area contributed by atoms with Gasteiger partial charge in [-0.2, -0.15) is 0 Å². The lowest BCUT2D eigenvalue weighted by Gasteiger charge is -2.36. The SMILES string of the molecule is CCN1CCN(C(=O)CC2CCN(C(=O)/C=C/c3ccc(F)cc3)CC2)CC1. The summed E-state index contributed by atoms with van der Waals surface area (Å²) in [4.78, 5) is 31.1. The van der Waals surface area contributed by atoms with Crippen molar-refractivity contribution in [3.05, 3.63) is 41.7 Å². The summed E-state index contributed by atoms with van der Waals surface area (Å²) in [6.45, 7) is 8.18. The summed E-state index contributed by atoms with van der Waals surface area (Å²) in [5.74, 6) is 0.315. The molecule has 1 aromatic rings. The van der Waals surface area contributed by atoms with Gasteiger partial charge in [0, 0.05) is 51.8 Å². The number of halogens is 1. The summed E-state index contributed by atoms with van der Waals surface area (Å²) in [6, 6.07) is 6.07. The third kappa shape index (κ3) is 5.64. The largest absolute Gasteiger partial charge is 0.340 e. The molecule has 3 rings (SSSR count). The van der Waals surface area contributed by atoms with Gasteiger partial charge in [-0.25, -0.2) is 4.39 Å². The lowest BCUT2D eigenvalue weighted by atomic mass is 9.92. The number of piperazine rings is 1. The van der Waals surface area contributed by atoms with Crippen molar-refractivity contribution >= 4 is 17.9 Å². The Bertz CT molecular complexity index is 688. The van der Waals surface area contributed by atoms with Gasteiger partial charge in [0.15, 0.2) is 0 Å². The zero-order valence-electron chi connectivity index (χ0n) is 16.6. The molecule has 2 amide bonds. The topological polar surface area (TPSA) is 43.9 Å². The predicted octanol–water partition coefficient (Wildman–Crippen LogP) is 2.63. The minimum absolute atomic E-state index is 0.0233. The number of carbonyl (C=O) groups excluding carboxylic acids is 2. The number of hydrogen-bond donors (Lipinski definition) is 0. The van der Waals surface area contributed by atoms with Crippen LogP contribution in [0.15, 0.2) is 30.3 Å². The molecule has 28 heavy (non-hydrogen) atoms. The molecule has 0 aromatic heterocycles. The fourth-order valence-electron chi connectivity index (χ4n) is 3.89. The van der Waals surface area contributed by atoms with Crippen LogP contribution in [0.4, 0.5) is 4.39 Å². The lowest BCUT2D eigenvalue weighted by Crippen LogP contribution is -2.49. The number of likely N-dealkylation sites (tertiary alicyclic amines) is 1. The number of benzene rings is 1. The van der Waals surface area contributed by atoms with Gasteiger partial charge in [-0.05, 0) is 49.1 Å². The first-order valence-electron chi connectivity index (χ1n) is 10.3. The van der Waals surface area contributed by atoms with Gasteiger partial charge in [0.2, 0.25) is 11.8 Å². The molecule has 0 aliphatic carbocycles. The van der Waals surface area contributed by atoms with E-state index in [0.717, 1.165) is 51.1 Å². The van der Waals surface area contributed by atoms with Gasteiger partial charge in [-0.15, -0.1) is 0 Å². The zero-order valence-corrected chi connectivity index (χ0v) is 16.6. The number of carbonyl (C=O) groups is 2. The Labute approximate surface area is 166 Å². The highest BCUT2D eigenvalue weighted by Crippen LogP contribution is 2.22. The Kier molecular flexibility index (Phi) is 7.20. The molecular weight excluding hydrogens is 357 g/mol. The fraction of sp³-hybridized carbons (Fsp3) is 0.545. The molecule has 0 atom stereocenters. The second-order valence-corrected chi connectivity index (χ2v) is 7.67. The first-order chi connectivity index (χ1) is 13.5. The maximum Gasteiger partial charge on any atom is 0.246 e. The number of hydrogen-bond acceptors (Lipinski definition) is 3. The van der Waals surface area contributed by atoms with Crippen LogP contribution in [0.1, 0.15) is 31.7 Å². The van der Waals surface area contributed by atoms with Crippen molar-refractivity contribution in [3.8, 4) is 0 Å². The van der Waals surface area contributed by atoms with Crippen LogP contribution >= 0.6 is 0 Å². The van der Waals surface area contributed by atoms with Gasteiger partial charge in [-0.3, -0.25) is 9.59 Å². The van der Waals surface area contributed by atoms with E-state index in [1.165, 1.54) is 12.1 Å². The summed E-state index contributed by atoms with van der Waals surface area (Å²) < 4.78 is 12.9. The van der Waals surface area contributed by atoms with E-state index in [4.69, 9.17) is 0 Å². The normalized spacial score (nSPS) is 19.4. The Morgan fingerprint density at radius 3 is 2.25 bits per heavy atom. The Morgan fingerprint density at radius 1 is 1.00 bits per heavy atom. The summed E-state index contributed by atoms with van der Waals surface area (Å²) in [6.07, 6.45) is 5.60. The van der Waals surface area contributed by atoms with Crippen LogP contribution in [-0.2, 0) is 9.59 Å². The third-order valence-corrected chi connectivity index (χ3v) is 5.85. The number of rotatable bonds is 5. The highest BCUT2D eigenvalue weighted by Gasteiger charge is 2.26. The highest BCUT2D eigenvalue weighted by molar-refractivity contribution is 5.91. The number of amides is 2. The Hall–Kier alpha value is -2.21. The summed E-state index contributed by atoms with van der Waals surface area (Å²) in [5, 5.41) is 0. The standard InChI is InChI=1S/C22H30FN3O2/c1-2-24-13-15-26(16-14-24)22(28)17-19-9-11-25(12-10-19)21(27)8-5-18-3-6-20(23)7-4-18/h3-8,19H,2,9-17H2,1H3/b8-5+. The average molecular weight is 387 g/mol. The predicted molar refractivity (Wildman–Crippen MR) is 108 cm³/mol. The molecule has 2 heterocycles. The van der Waals surface area contributed by atoms with Gasteiger partial charge in [0.25, 0.3) is 0 Å². The maximum atomic E-state index is 12.9. The van der Waals surface area contributed by atoms with Crippen LogP contribution < -0.4 is 0 Å². The molecule has 0 N–H and O–H groups in total. The molecule has 0 saturated carbocycles. The van der Waals surface area contributed by atoms with Gasteiger partial charge in [-0.1, -0.05) is 19.1 Å². The van der Waals surface area contributed by atoms with E-state index < -0.39 is 0 Å². The summed E-state index contributed by atoms with van der Waals surface area (Å²) in [7, 11) is 0. The monoisotopic (exact) mass is 387 g/mol. The van der Waals surface area contributed by atoms with E-state index >= 15 is 0 Å². The number of likely N-dealkylation sites (N-methyl/N-ethyl adjacent to an activating group) is 1. The highest BCUT2D eigenvalue weighted by atomic mass is 19.1. The van der Waals surface area contributed by atoms with E-state index in [1.807, 2.05) is 9.80 Å². The minimum Gasteiger partial charge on any atom is -0.340 e. The van der Waals surface area contributed by atoms with Crippen molar-refractivity contribution in [1.82, 2.24) is 14.7 Å². The minimum atomic E-state index is -0.285. The fourth-order valence-corrected chi connectivity index (χ4v) is 3.89. The van der Waals surface area contributed by atoms with Gasteiger partial charge in [0.1, 0.15) is 5.82 Å². The molecule has 0 bridgehead atoms. The Morgan fingerprint density at radius 2 is 1.64 bits per heavy atom. The number of nitrogens with zero attached hydrogens (tertiary/aromatic N) is 3. The molecule has 152 valence electrons. The van der Waals surface area contributed by atoms with E-state index in [2.05, 4.69) is 11.8 Å². The van der Waals surface area contributed by atoms with Crippen LogP contribution in [0.25, 0.3) is 6.08 Å². The number of piperidine rings is 1.